The molecule has 1 aliphatic rings. The lowest BCUT2D eigenvalue weighted by Crippen LogP contribution is -2.27. The average Bonchev–Trinajstić information content (AvgIpc) is 3.17. The van der Waals surface area contributed by atoms with Crippen molar-refractivity contribution in [2.75, 3.05) is 17.8 Å². The average molecular weight is 395 g/mol. The Labute approximate surface area is 155 Å². The van der Waals surface area contributed by atoms with Crippen LogP contribution >= 0.6 is 0 Å². The summed E-state index contributed by atoms with van der Waals surface area (Å²) >= 11 is 0. The fourth-order valence-electron chi connectivity index (χ4n) is 2.94. The third-order valence-corrected chi connectivity index (χ3v) is 7.73. The summed E-state index contributed by atoms with van der Waals surface area (Å²) < 4.78 is 54.1. The van der Waals surface area contributed by atoms with E-state index in [1.807, 2.05) is 13.0 Å². The summed E-state index contributed by atoms with van der Waals surface area (Å²) in [5.41, 5.74) is 1.51. The van der Waals surface area contributed by atoms with Crippen molar-refractivity contribution in [1.29, 1.82) is 0 Å². The predicted molar refractivity (Wildman–Crippen MR) is 101 cm³/mol. The number of hydrogen-bond acceptors (Lipinski definition) is 4. The Hall–Kier alpha value is -1.90. The van der Waals surface area contributed by atoms with Crippen LogP contribution in [0.25, 0.3) is 0 Å². The van der Waals surface area contributed by atoms with E-state index in [0.29, 0.717) is 18.8 Å². The van der Waals surface area contributed by atoms with E-state index in [2.05, 4.69) is 4.72 Å². The lowest BCUT2D eigenvalue weighted by Gasteiger charge is -2.16. The molecule has 2 aromatic rings. The van der Waals surface area contributed by atoms with Crippen molar-refractivity contribution in [3.63, 3.8) is 0 Å². The molecule has 0 spiro atoms. The van der Waals surface area contributed by atoms with Gasteiger partial charge in [0.05, 0.1) is 9.79 Å². The van der Waals surface area contributed by atoms with Crippen molar-refractivity contribution in [3.05, 3.63) is 54.1 Å². The molecule has 2 aromatic carbocycles. The zero-order chi connectivity index (χ0) is 18.8. The second-order valence-electron chi connectivity index (χ2n) is 6.24. The Morgan fingerprint density at radius 1 is 0.923 bits per heavy atom. The zero-order valence-electron chi connectivity index (χ0n) is 14.6. The van der Waals surface area contributed by atoms with E-state index in [4.69, 9.17) is 0 Å². The number of benzene rings is 2. The van der Waals surface area contributed by atoms with Gasteiger partial charge >= 0.3 is 0 Å². The number of anilines is 1. The normalized spacial score (nSPS) is 15.9. The Morgan fingerprint density at radius 2 is 1.54 bits per heavy atom. The molecular weight excluding hydrogens is 372 g/mol. The smallest absolute Gasteiger partial charge is 0.261 e. The second-order valence-corrected chi connectivity index (χ2v) is 9.86. The van der Waals surface area contributed by atoms with Gasteiger partial charge in [-0.3, -0.25) is 4.72 Å². The first-order valence-electron chi connectivity index (χ1n) is 8.55. The minimum atomic E-state index is -3.78. The van der Waals surface area contributed by atoms with Gasteiger partial charge in [-0.1, -0.05) is 19.1 Å². The van der Waals surface area contributed by atoms with Crippen LogP contribution in [0.5, 0.6) is 0 Å². The first-order valence-corrected chi connectivity index (χ1v) is 11.5. The Morgan fingerprint density at radius 3 is 2.15 bits per heavy atom. The molecule has 1 N–H and O–H groups in total. The SMILES string of the molecule is CCc1cccc(NS(=O)(=O)c2ccc(S(=O)(=O)N3CCCC3)cc2)c1. The van der Waals surface area contributed by atoms with Crippen LogP contribution in [0.3, 0.4) is 0 Å². The van der Waals surface area contributed by atoms with Crippen molar-refractivity contribution in [3.8, 4) is 0 Å². The summed E-state index contributed by atoms with van der Waals surface area (Å²) in [7, 11) is -7.33. The predicted octanol–water partition coefficient (Wildman–Crippen LogP) is 2.83. The molecule has 140 valence electrons. The van der Waals surface area contributed by atoms with E-state index in [1.165, 1.54) is 28.6 Å². The lowest BCUT2D eigenvalue weighted by atomic mass is 10.1. The van der Waals surface area contributed by atoms with Gasteiger partial charge in [0.2, 0.25) is 10.0 Å². The molecule has 6 nitrogen and oxygen atoms in total. The van der Waals surface area contributed by atoms with Gasteiger partial charge in [-0.2, -0.15) is 4.31 Å². The van der Waals surface area contributed by atoms with E-state index in [0.717, 1.165) is 24.8 Å². The molecule has 3 rings (SSSR count). The fourth-order valence-corrected chi connectivity index (χ4v) is 5.50. The van der Waals surface area contributed by atoms with Crippen LogP contribution in [0.2, 0.25) is 0 Å². The van der Waals surface area contributed by atoms with E-state index in [1.54, 1.807) is 18.2 Å². The number of nitrogens with one attached hydrogen (secondary N) is 1. The fraction of sp³-hybridized carbons (Fsp3) is 0.333. The first kappa shape index (κ1) is 18.9. The van der Waals surface area contributed by atoms with Gasteiger partial charge in [0.1, 0.15) is 0 Å². The highest BCUT2D eigenvalue weighted by Crippen LogP contribution is 2.23. The molecule has 1 fully saturated rings. The molecule has 0 aliphatic carbocycles. The van der Waals surface area contributed by atoms with Gasteiger partial charge in [0.25, 0.3) is 10.0 Å². The molecular formula is C18H22N2O4S2. The number of aryl methyl sites for hydroxylation is 1. The van der Waals surface area contributed by atoms with Crippen molar-refractivity contribution in [2.45, 2.75) is 36.0 Å². The minimum absolute atomic E-state index is 0.0276. The standard InChI is InChI=1S/C18H22N2O4S2/c1-2-15-6-5-7-16(14-15)19-25(21,22)17-8-10-18(11-9-17)26(23,24)20-12-3-4-13-20/h5-11,14,19H,2-4,12-13H2,1H3. The molecule has 8 heteroatoms. The molecule has 0 radical (unpaired) electrons. The lowest BCUT2D eigenvalue weighted by molar-refractivity contribution is 0.477. The maximum absolute atomic E-state index is 12.5. The third-order valence-electron chi connectivity index (χ3n) is 4.42. The monoisotopic (exact) mass is 394 g/mol. The van der Waals surface area contributed by atoms with Crippen LogP contribution < -0.4 is 4.72 Å². The van der Waals surface area contributed by atoms with Gasteiger partial charge in [-0.15, -0.1) is 0 Å². The minimum Gasteiger partial charge on any atom is -0.280 e. The summed E-state index contributed by atoms with van der Waals surface area (Å²) in [6.07, 6.45) is 2.51. The molecule has 26 heavy (non-hydrogen) atoms. The summed E-state index contributed by atoms with van der Waals surface area (Å²) in [6, 6.07) is 12.5. The topological polar surface area (TPSA) is 83.5 Å². The van der Waals surface area contributed by atoms with Crippen LogP contribution in [0.15, 0.2) is 58.3 Å². The van der Waals surface area contributed by atoms with Crippen molar-refractivity contribution >= 4 is 25.7 Å². The number of rotatable bonds is 6. The van der Waals surface area contributed by atoms with Crippen LogP contribution in [-0.2, 0) is 26.5 Å². The van der Waals surface area contributed by atoms with E-state index < -0.39 is 20.0 Å². The van der Waals surface area contributed by atoms with Crippen LogP contribution in [0.4, 0.5) is 5.69 Å². The largest absolute Gasteiger partial charge is 0.280 e. The van der Waals surface area contributed by atoms with Gasteiger partial charge in [0.15, 0.2) is 0 Å². The molecule has 0 aromatic heterocycles. The van der Waals surface area contributed by atoms with Gasteiger partial charge in [-0.05, 0) is 61.2 Å². The van der Waals surface area contributed by atoms with E-state index in [-0.39, 0.29) is 9.79 Å². The molecule has 0 atom stereocenters. The molecule has 0 amide bonds. The molecule has 1 aliphatic heterocycles. The van der Waals surface area contributed by atoms with Gasteiger partial charge < -0.3 is 0 Å². The van der Waals surface area contributed by atoms with Crippen molar-refractivity contribution in [2.24, 2.45) is 0 Å². The molecule has 1 heterocycles. The van der Waals surface area contributed by atoms with Gasteiger partial charge in [-0.25, -0.2) is 16.8 Å². The Kier molecular flexibility index (Phi) is 5.36. The molecule has 0 unspecified atom stereocenters. The molecule has 0 saturated carbocycles. The Balaban J connectivity index is 1.82. The summed E-state index contributed by atoms with van der Waals surface area (Å²) in [5.74, 6) is 0. The Bertz CT molecular complexity index is 978. The molecule has 0 bridgehead atoms. The summed E-state index contributed by atoms with van der Waals surface area (Å²) in [4.78, 5) is 0.145. The zero-order valence-corrected chi connectivity index (χ0v) is 16.2. The highest BCUT2D eigenvalue weighted by atomic mass is 32.2. The number of sulfonamides is 2. The quantitative estimate of drug-likeness (QED) is 0.817. The van der Waals surface area contributed by atoms with Crippen molar-refractivity contribution in [1.82, 2.24) is 4.31 Å². The number of hydrogen-bond donors (Lipinski definition) is 1. The first-order chi connectivity index (χ1) is 12.3. The third kappa shape index (κ3) is 3.92. The van der Waals surface area contributed by atoms with Crippen LogP contribution in [0.1, 0.15) is 25.3 Å². The summed E-state index contributed by atoms with van der Waals surface area (Å²) in [6.45, 7) is 3.02. The van der Waals surface area contributed by atoms with E-state index >= 15 is 0 Å². The maximum Gasteiger partial charge on any atom is 0.261 e. The molecule has 1 saturated heterocycles. The van der Waals surface area contributed by atoms with E-state index in [9.17, 15) is 16.8 Å². The van der Waals surface area contributed by atoms with Crippen LogP contribution in [0, 0.1) is 0 Å². The summed E-state index contributed by atoms with van der Waals surface area (Å²) in [5, 5.41) is 0. The van der Waals surface area contributed by atoms with Crippen molar-refractivity contribution < 1.29 is 16.8 Å². The highest BCUT2D eigenvalue weighted by molar-refractivity contribution is 7.92. The van der Waals surface area contributed by atoms with Crippen LogP contribution in [-0.4, -0.2) is 34.2 Å². The highest BCUT2D eigenvalue weighted by Gasteiger charge is 2.27. The maximum atomic E-state index is 12.5. The second kappa shape index (κ2) is 7.38. The van der Waals surface area contributed by atoms with Gasteiger partial charge in [0, 0.05) is 18.8 Å². The number of nitrogens with zero attached hydrogens (tertiary/aromatic N) is 1.